The summed E-state index contributed by atoms with van der Waals surface area (Å²) in [6.45, 7) is 0. The summed E-state index contributed by atoms with van der Waals surface area (Å²) in [6.07, 6.45) is 0.465. The number of hydrogen-bond donors (Lipinski definition) is 0. The predicted molar refractivity (Wildman–Crippen MR) is 90.8 cm³/mol. The molecule has 0 atom stereocenters. The van der Waals surface area contributed by atoms with Crippen LogP contribution in [0, 0.1) is 0 Å². The summed E-state index contributed by atoms with van der Waals surface area (Å²) in [5.41, 5.74) is 2.55. The molecule has 3 rings (SSSR count). The summed E-state index contributed by atoms with van der Waals surface area (Å²) in [6, 6.07) is 11.7. The van der Waals surface area contributed by atoms with E-state index in [0.29, 0.717) is 12.1 Å². The Hall–Kier alpha value is -0.640. The normalized spacial score (nSPS) is 13.9. The highest BCUT2D eigenvalue weighted by Gasteiger charge is 2.21. The monoisotopic (exact) mass is 379 g/mol. The van der Waals surface area contributed by atoms with Crippen LogP contribution in [0.25, 0.3) is 0 Å². The molecule has 0 radical (unpaired) electrons. The molecule has 1 aliphatic heterocycles. The van der Waals surface area contributed by atoms with Crippen LogP contribution in [0.3, 0.4) is 0 Å². The van der Waals surface area contributed by atoms with Crippen LogP contribution in [0.4, 0.5) is 5.69 Å². The Balaban J connectivity index is 0.000000282. The third-order valence-electron chi connectivity index (χ3n) is 2.59. The fourth-order valence-electron chi connectivity index (χ4n) is 1.81. The minimum absolute atomic E-state index is 0.112. The van der Waals surface area contributed by atoms with Crippen molar-refractivity contribution in [2.45, 2.75) is 6.42 Å². The topological polar surface area (TPSA) is 46.5 Å². The maximum atomic E-state index is 11.9. The van der Waals surface area contributed by atoms with Crippen molar-refractivity contribution in [2.75, 3.05) is 0 Å². The lowest BCUT2D eigenvalue weighted by molar-refractivity contribution is -0.112. The van der Waals surface area contributed by atoms with Gasteiger partial charge in [0, 0.05) is 6.42 Å². The van der Waals surface area contributed by atoms with E-state index in [1.807, 2.05) is 41.8 Å². The molecule has 0 unspecified atom stereocenters. The first-order valence-electron chi connectivity index (χ1n) is 5.77. The van der Waals surface area contributed by atoms with Crippen molar-refractivity contribution >= 4 is 67.4 Å². The number of Topliss-reactive ketones (excluding diaryl/α,β-unsaturated/α-hetero) is 1. The van der Waals surface area contributed by atoms with Gasteiger partial charge in [-0.25, -0.2) is 4.99 Å². The molecule has 0 saturated carbocycles. The molecule has 0 amide bonds. The van der Waals surface area contributed by atoms with Gasteiger partial charge in [-0.1, -0.05) is 24.3 Å². The number of para-hydroxylation sites is 1. The molecule has 3 nitrogen and oxygen atoms in total. The lowest BCUT2D eigenvalue weighted by atomic mass is 10.00. The Bertz CT molecular complexity index is 717. The van der Waals surface area contributed by atoms with Crippen molar-refractivity contribution in [1.82, 2.24) is 0 Å². The van der Waals surface area contributed by atoms with E-state index in [9.17, 15) is 9.36 Å². The van der Waals surface area contributed by atoms with Crippen molar-refractivity contribution in [3.8, 4) is 0 Å². The van der Waals surface area contributed by atoms with E-state index in [0.717, 1.165) is 16.1 Å². The number of carbonyl (C=O) groups excluding carboxylic acids is 1. The smallest absolute Gasteiger partial charge is 0.292 e. The largest absolute Gasteiger partial charge is 0.339 e. The first-order valence-corrected chi connectivity index (χ1v) is 11.1. The van der Waals surface area contributed by atoms with Crippen molar-refractivity contribution < 1.29 is 9.36 Å². The third kappa shape index (κ3) is 5.24. The molecule has 8 heteroatoms. The molecule has 1 aromatic heterocycles. The molecule has 1 aromatic carbocycles. The van der Waals surface area contributed by atoms with Crippen LogP contribution in [0.5, 0.6) is 0 Å². The number of aliphatic imine (C=N–C) groups is 1. The summed E-state index contributed by atoms with van der Waals surface area (Å²) in [4.78, 5) is 17.3. The second kappa shape index (κ2) is 7.08. The van der Waals surface area contributed by atoms with Gasteiger partial charge >= 0.3 is 5.20 Å². The van der Waals surface area contributed by atoms with Gasteiger partial charge in [-0.3, -0.25) is 9.36 Å². The van der Waals surface area contributed by atoms with Gasteiger partial charge in [0.25, 0.3) is 0 Å². The first kappa shape index (κ1) is 16.7. The number of benzene rings is 1. The highest BCUT2D eigenvalue weighted by atomic mass is 36.0. The van der Waals surface area contributed by atoms with E-state index < -0.39 is 5.20 Å². The van der Waals surface area contributed by atoms with Gasteiger partial charge in [-0.15, -0.1) is 11.3 Å². The van der Waals surface area contributed by atoms with Crippen LogP contribution < -0.4 is 0 Å². The second-order valence-electron chi connectivity index (χ2n) is 4.07. The number of nitrogens with zero attached hydrogens (tertiary/aromatic N) is 1. The lowest BCUT2D eigenvalue weighted by Crippen LogP contribution is -2.20. The van der Waals surface area contributed by atoms with Crippen LogP contribution in [0.2, 0.25) is 0 Å². The zero-order valence-electron chi connectivity index (χ0n) is 10.5. The molecule has 1 aliphatic rings. The van der Waals surface area contributed by atoms with Gasteiger partial charge in [-0.05, 0) is 56.8 Å². The molecule has 21 heavy (non-hydrogen) atoms. The van der Waals surface area contributed by atoms with E-state index in [4.69, 9.17) is 0 Å². The Morgan fingerprint density at radius 3 is 2.38 bits per heavy atom. The second-order valence-corrected chi connectivity index (χ2v) is 11.7. The van der Waals surface area contributed by atoms with E-state index in [2.05, 4.69) is 38.7 Å². The van der Waals surface area contributed by atoms with E-state index >= 15 is 0 Å². The van der Waals surface area contributed by atoms with Crippen molar-refractivity contribution in [3.63, 3.8) is 0 Å². The average molecular weight is 381 g/mol. The molecule has 0 saturated heterocycles. The summed E-state index contributed by atoms with van der Waals surface area (Å²) in [7, 11) is 0. The maximum Gasteiger partial charge on any atom is 0.339 e. The highest BCUT2D eigenvalue weighted by molar-refractivity contribution is 8.24. The predicted octanol–water partition coefficient (Wildman–Crippen LogP) is 5.81. The number of rotatable bonds is 1. The van der Waals surface area contributed by atoms with E-state index in [-0.39, 0.29) is 5.78 Å². The van der Waals surface area contributed by atoms with Gasteiger partial charge in [0.2, 0.25) is 0 Å². The van der Waals surface area contributed by atoms with Crippen LogP contribution in [0.15, 0.2) is 46.8 Å². The number of hydrogen-bond acceptors (Lipinski definition) is 4. The molecule has 2 aromatic rings. The quantitative estimate of drug-likeness (QED) is 0.586. The Labute approximate surface area is 140 Å². The maximum absolute atomic E-state index is 11.9. The molecule has 0 aliphatic carbocycles. The molecule has 0 fully saturated rings. The van der Waals surface area contributed by atoms with E-state index in [1.165, 1.54) is 0 Å². The number of thiophene rings is 1. The molecule has 110 valence electrons. The minimum atomic E-state index is -3.22. The Morgan fingerprint density at radius 1 is 1.10 bits per heavy atom. The van der Waals surface area contributed by atoms with E-state index in [1.54, 1.807) is 11.3 Å². The average Bonchev–Trinajstić information content (AvgIpc) is 2.89. The first-order chi connectivity index (χ1) is 9.84. The van der Waals surface area contributed by atoms with Crippen LogP contribution in [-0.4, -0.2) is 11.5 Å². The summed E-state index contributed by atoms with van der Waals surface area (Å²) in [5, 5.41) is -1.26. The van der Waals surface area contributed by atoms with Crippen LogP contribution in [-0.2, 0) is 15.8 Å². The van der Waals surface area contributed by atoms with Gasteiger partial charge < -0.3 is 0 Å². The number of carbonyl (C=O) groups is 1. The third-order valence-corrected chi connectivity index (χ3v) is 3.47. The SMILES string of the molecule is O=C1Cc2ccccc2N=C1c1cccs1.O=P(Cl)(Cl)Cl. The van der Waals surface area contributed by atoms with Crippen molar-refractivity contribution in [2.24, 2.45) is 4.99 Å². The summed E-state index contributed by atoms with van der Waals surface area (Å²) in [5.74, 6) is 0.112. The number of ketones is 1. The summed E-state index contributed by atoms with van der Waals surface area (Å²) < 4.78 is 9.51. The lowest BCUT2D eigenvalue weighted by Gasteiger charge is -2.12. The molecular weight excluding hydrogens is 372 g/mol. The van der Waals surface area contributed by atoms with Crippen LogP contribution in [0.1, 0.15) is 10.4 Å². The Morgan fingerprint density at radius 2 is 1.76 bits per heavy atom. The molecule has 2 heterocycles. The van der Waals surface area contributed by atoms with Gasteiger partial charge in [0.05, 0.1) is 10.6 Å². The zero-order valence-corrected chi connectivity index (χ0v) is 14.5. The molecule has 0 spiro atoms. The fourth-order valence-corrected chi connectivity index (χ4v) is 2.55. The minimum Gasteiger partial charge on any atom is -0.292 e. The van der Waals surface area contributed by atoms with Crippen molar-refractivity contribution in [3.05, 3.63) is 52.2 Å². The number of halogens is 3. The zero-order chi connectivity index (χ0) is 15.5. The molecule has 0 bridgehead atoms. The molecule has 0 N–H and O–H groups in total. The molecular formula is C13H9Cl3NO2PS. The van der Waals surface area contributed by atoms with Gasteiger partial charge in [-0.2, -0.15) is 0 Å². The van der Waals surface area contributed by atoms with Crippen molar-refractivity contribution in [1.29, 1.82) is 0 Å². The standard InChI is InChI=1S/C13H9NOS.Cl3OP/c15-11-8-9-4-1-2-5-10(9)14-13(11)12-6-3-7-16-12;1-5(2,3)4/h1-7H,8H2;. The Kier molecular flexibility index (Phi) is 5.64. The summed E-state index contributed by atoms with van der Waals surface area (Å²) >= 11 is 15.4. The van der Waals surface area contributed by atoms with Gasteiger partial charge in [0.1, 0.15) is 5.71 Å². The van der Waals surface area contributed by atoms with Crippen LogP contribution >= 0.6 is 50.3 Å². The number of fused-ring (bicyclic) bond motifs is 1. The highest BCUT2D eigenvalue weighted by Crippen LogP contribution is 2.61. The van der Waals surface area contributed by atoms with Gasteiger partial charge in [0.15, 0.2) is 5.78 Å². The fraction of sp³-hybridized carbons (Fsp3) is 0.0769.